The fourth-order valence-electron chi connectivity index (χ4n) is 2.77. The fourth-order valence-corrected chi connectivity index (χ4v) is 3.06. The van der Waals surface area contributed by atoms with E-state index in [1.807, 2.05) is 0 Å². The predicted octanol–water partition coefficient (Wildman–Crippen LogP) is 1.08. The lowest BCUT2D eigenvalue weighted by Gasteiger charge is -2.17. The molecule has 2 heterocycles. The molecule has 0 saturated carbocycles. The minimum absolute atomic E-state index is 0.00422. The molecule has 0 aliphatic rings. The van der Waals surface area contributed by atoms with Crippen molar-refractivity contribution in [2.45, 2.75) is 6.54 Å². The zero-order valence-corrected chi connectivity index (χ0v) is 16.3. The van der Waals surface area contributed by atoms with E-state index >= 15 is 0 Å². The van der Waals surface area contributed by atoms with Gasteiger partial charge in [0.05, 0.1) is 0 Å². The summed E-state index contributed by atoms with van der Waals surface area (Å²) in [5, 5.41) is 13.2. The molecule has 0 aliphatic carbocycles. The first-order valence-corrected chi connectivity index (χ1v) is 9.46. The van der Waals surface area contributed by atoms with Gasteiger partial charge in [0.25, 0.3) is 17.2 Å². The van der Waals surface area contributed by atoms with Gasteiger partial charge in [0, 0.05) is 30.7 Å². The van der Waals surface area contributed by atoms with Crippen LogP contribution in [0.4, 0.5) is 10.2 Å². The van der Waals surface area contributed by atoms with Crippen LogP contribution in [0.2, 0.25) is 0 Å². The molecule has 1 unspecified atom stereocenters. The van der Waals surface area contributed by atoms with Crippen molar-refractivity contribution in [3.8, 4) is 5.75 Å². The molecule has 2 aromatic heterocycles. The predicted molar refractivity (Wildman–Crippen MR) is 106 cm³/mol. The van der Waals surface area contributed by atoms with Gasteiger partial charge in [-0.2, -0.15) is 0 Å². The Kier molecular flexibility index (Phi) is 5.89. The van der Waals surface area contributed by atoms with Gasteiger partial charge >= 0.3 is 0 Å². The number of pyridine rings is 2. The molecule has 1 aromatic carbocycles. The van der Waals surface area contributed by atoms with Crippen LogP contribution in [0.3, 0.4) is 0 Å². The van der Waals surface area contributed by atoms with Gasteiger partial charge in [-0.3, -0.25) is 23.4 Å². The van der Waals surface area contributed by atoms with Crippen LogP contribution < -0.4 is 15.4 Å². The molecule has 0 fully saturated rings. The number of amides is 2. The number of anilines is 1. The minimum Gasteiger partial charge on any atom is -0.504 e. The Labute approximate surface area is 172 Å². The maximum Gasteiger partial charge on any atom is 0.274 e. The van der Waals surface area contributed by atoms with E-state index in [-0.39, 0.29) is 34.4 Å². The topological polar surface area (TPSA) is 159 Å². The van der Waals surface area contributed by atoms with E-state index in [1.165, 1.54) is 25.4 Å². The third-order valence-corrected chi connectivity index (χ3v) is 4.88. The summed E-state index contributed by atoms with van der Waals surface area (Å²) in [7, 11) is 1.28. The highest BCUT2D eigenvalue weighted by Gasteiger charge is 2.23. The highest BCUT2D eigenvalue weighted by Crippen LogP contribution is 2.32. The number of aromatic hydroxyl groups is 1. The Morgan fingerprint density at radius 3 is 2.73 bits per heavy atom. The second-order valence-electron chi connectivity index (χ2n) is 6.11. The molecule has 3 rings (SSSR count). The van der Waals surface area contributed by atoms with Crippen LogP contribution in [0.25, 0.3) is 10.9 Å². The Morgan fingerprint density at radius 2 is 2.07 bits per heavy atom. The number of rotatable bonds is 6. The lowest BCUT2D eigenvalue weighted by Crippen LogP contribution is -2.27. The van der Waals surface area contributed by atoms with Crippen LogP contribution in [0, 0.1) is 5.82 Å². The number of fused-ring (bicyclic) bond motifs is 1. The largest absolute Gasteiger partial charge is 0.504 e. The molecule has 2 amide bonds. The van der Waals surface area contributed by atoms with Gasteiger partial charge in [-0.25, -0.2) is 13.6 Å². The number of primary amides is 1. The average Bonchev–Trinajstić information content (AvgIpc) is 2.72. The number of nitrogens with two attached hydrogens (primary N) is 1. The molecule has 0 bridgehead atoms. The SMILES string of the molecule is CN(c1nc(C(=O)NCc2ccc(F)cc2C(N)=O)c(O)c2ncccc12)S(=O)O. The monoisotopic (exact) mass is 433 g/mol. The van der Waals surface area contributed by atoms with Gasteiger partial charge in [-0.1, -0.05) is 6.07 Å². The van der Waals surface area contributed by atoms with Gasteiger partial charge in [-0.05, 0) is 29.8 Å². The van der Waals surface area contributed by atoms with Crippen molar-refractivity contribution >= 4 is 39.8 Å². The van der Waals surface area contributed by atoms with Crippen molar-refractivity contribution in [3.63, 3.8) is 0 Å². The van der Waals surface area contributed by atoms with Crippen molar-refractivity contribution in [3.05, 3.63) is 59.2 Å². The summed E-state index contributed by atoms with van der Waals surface area (Å²) in [5.41, 5.74) is 4.93. The van der Waals surface area contributed by atoms with E-state index < -0.39 is 40.3 Å². The van der Waals surface area contributed by atoms with E-state index in [1.54, 1.807) is 6.07 Å². The molecule has 0 aliphatic heterocycles. The Morgan fingerprint density at radius 1 is 1.33 bits per heavy atom. The lowest BCUT2D eigenvalue weighted by atomic mass is 10.1. The van der Waals surface area contributed by atoms with Crippen LogP contribution >= 0.6 is 0 Å². The van der Waals surface area contributed by atoms with Gasteiger partial charge in [-0.15, -0.1) is 0 Å². The summed E-state index contributed by atoms with van der Waals surface area (Å²) < 4.78 is 35.1. The molecule has 0 spiro atoms. The van der Waals surface area contributed by atoms with E-state index in [0.29, 0.717) is 0 Å². The number of hydrogen-bond acceptors (Lipinski definition) is 6. The number of aromatic nitrogens is 2. The standard InChI is InChI=1S/C18H16FN5O5S/c1-24(30(28)29)17-11-3-2-6-21-13(11)15(25)14(23-17)18(27)22-8-9-4-5-10(19)7-12(9)16(20)26/h2-7,25H,8H2,1H3,(H2,20,26)(H,22,27)(H,28,29). The van der Waals surface area contributed by atoms with Crippen LogP contribution in [-0.4, -0.2) is 42.7 Å². The number of halogens is 1. The molecule has 10 nitrogen and oxygen atoms in total. The van der Waals surface area contributed by atoms with Gasteiger partial charge in [0.1, 0.15) is 11.3 Å². The average molecular weight is 433 g/mol. The Balaban J connectivity index is 1.99. The normalized spacial score (nSPS) is 11.8. The minimum atomic E-state index is -2.45. The van der Waals surface area contributed by atoms with Crippen molar-refractivity contribution in [1.82, 2.24) is 15.3 Å². The summed E-state index contributed by atoms with van der Waals surface area (Å²) in [6.45, 7) is -0.212. The smallest absolute Gasteiger partial charge is 0.274 e. The molecule has 30 heavy (non-hydrogen) atoms. The highest BCUT2D eigenvalue weighted by atomic mass is 32.2. The number of hydrogen-bond donors (Lipinski definition) is 4. The summed E-state index contributed by atoms with van der Waals surface area (Å²) >= 11 is -2.45. The highest BCUT2D eigenvalue weighted by molar-refractivity contribution is 7.80. The first-order valence-electron chi connectivity index (χ1n) is 8.39. The van der Waals surface area contributed by atoms with Gasteiger partial charge < -0.3 is 16.2 Å². The fraction of sp³-hybridized carbons (Fsp3) is 0.111. The number of carbonyl (C=O) groups is 2. The van der Waals surface area contributed by atoms with E-state index in [0.717, 1.165) is 16.4 Å². The molecule has 12 heteroatoms. The van der Waals surface area contributed by atoms with Gasteiger partial charge in [0.2, 0.25) is 5.91 Å². The second kappa shape index (κ2) is 8.39. The van der Waals surface area contributed by atoms with Crippen LogP contribution in [0.1, 0.15) is 26.4 Å². The molecule has 0 saturated heterocycles. The molecule has 0 radical (unpaired) electrons. The number of nitrogens with zero attached hydrogens (tertiary/aromatic N) is 3. The molecule has 156 valence electrons. The first-order chi connectivity index (χ1) is 14.2. The first kappa shape index (κ1) is 21.1. The number of nitrogens with one attached hydrogen (secondary N) is 1. The van der Waals surface area contributed by atoms with Gasteiger partial charge in [0.15, 0.2) is 17.3 Å². The Hall–Kier alpha value is -3.64. The third kappa shape index (κ3) is 4.04. The van der Waals surface area contributed by atoms with Crippen molar-refractivity contribution in [2.75, 3.05) is 11.4 Å². The van der Waals surface area contributed by atoms with E-state index in [2.05, 4.69) is 15.3 Å². The number of carbonyl (C=O) groups excluding carboxylic acids is 2. The molecule has 5 N–H and O–H groups in total. The summed E-state index contributed by atoms with van der Waals surface area (Å²) in [5.74, 6) is -2.97. The van der Waals surface area contributed by atoms with Crippen LogP contribution in [-0.2, 0) is 17.8 Å². The lowest BCUT2D eigenvalue weighted by molar-refractivity contribution is 0.0939. The van der Waals surface area contributed by atoms with Crippen LogP contribution in [0.15, 0.2) is 36.5 Å². The van der Waals surface area contributed by atoms with Crippen molar-refractivity contribution in [1.29, 1.82) is 0 Å². The quantitative estimate of drug-likeness (QED) is 0.423. The van der Waals surface area contributed by atoms with Crippen LogP contribution in [0.5, 0.6) is 5.75 Å². The van der Waals surface area contributed by atoms with E-state index in [4.69, 9.17) is 5.73 Å². The Bertz CT molecular complexity index is 1190. The molecule has 1 atom stereocenters. The molecular formula is C18H16FN5O5S. The maximum atomic E-state index is 13.4. The number of benzene rings is 1. The van der Waals surface area contributed by atoms with Crippen molar-refractivity contribution < 1.29 is 27.8 Å². The van der Waals surface area contributed by atoms with Crippen molar-refractivity contribution in [2.24, 2.45) is 5.73 Å². The summed E-state index contributed by atoms with van der Waals surface area (Å²) in [6.07, 6.45) is 1.38. The second-order valence-corrected chi connectivity index (χ2v) is 7.12. The maximum absolute atomic E-state index is 13.4. The molecule has 3 aromatic rings. The molecular weight excluding hydrogens is 417 g/mol. The third-order valence-electron chi connectivity index (χ3n) is 4.24. The zero-order chi connectivity index (χ0) is 22.0. The van der Waals surface area contributed by atoms with E-state index in [9.17, 15) is 27.8 Å². The summed E-state index contributed by atoms with van der Waals surface area (Å²) in [6, 6.07) is 6.41. The zero-order valence-electron chi connectivity index (χ0n) is 15.5. The summed E-state index contributed by atoms with van der Waals surface area (Å²) in [4.78, 5) is 32.2.